The van der Waals surface area contributed by atoms with Gasteiger partial charge in [0.25, 0.3) is 0 Å². The van der Waals surface area contributed by atoms with Crippen molar-refractivity contribution in [3.63, 3.8) is 0 Å². The van der Waals surface area contributed by atoms with E-state index in [0.717, 1.165) is 76.6 Å². The Hall–Kier alpha value is -3.15. The number of phenols is 1. The standard InChI is InChI=1S/C36H53N7O4/c1-36(2,3)47-35(45)42-12-10-27(11-13-42)46-28-18-26(19-28)41-16-14-40(15-17-41)23-30-24-8-9-25(30)22-43(21-24)32-20-31(38-39-34(32)37)29-6-4-5-7-33(29)44/h4-7,20,24-28,30,44H,8-19,21-23H2,1-3H3,(H2,37,39). The molecule has 7 rings (SSSR count). The van der Waals surface area contributed by atoms with Crippen molar-refractivity contribution in [2.45, 2.75) is 83.1 Å². The number of phenolic OH excluding ortho intramolecular Hbond substituents is 1. The van der Waals surface area contributed by atoms with E-state index in [1.54, 1.807) is 6.07 Å². The Bertz CT molecular complexity index is 1380. The summed E-state index contributed by atoms with van der Waals surface area (Å²) in [6.45, 7) is 15.0. The number of para-hydroxylation sites is 1. The van der Waals surface area contributed by atoms with Crippen molar-refractivity contribution in [2.24, 2.45) is 17.8 Å². The maximum absolute atomic E-state index is 12.4. The molecular formula is C36H53N7O4. The number of hydrogen-bond donors (Lipinski definition) is 2. The van der Waals surface area contributed by atoms with E-state index < -0.39 is 5.60 Å². The van der Waals surface area contributed by atoms with Crippen LogP contribution in [0.5, 0.6) is 5.75 Å². The number of aromatic nitrogens is 2. The molecular weight excluding hydrogens is 594 g/mol. The third kappa shape index (κ3) is 7.32. The number of nitrogen functional groups attached to an aromatic ring is 1. The molecule has 4 heterocycles. The lowest BCUT2D eigenvalue weighted by molar-refractivity contribution is -0.107. The Morgan fingerprint density at radius 1 is 0.936 bits per heavy atom. The summed E-state index contributed by atoms with van der Waals surface area (Å²) < 4.78 is 12.0. The van der Waals surface area contributed by atoms with Gasteiger partial charge in [0.05, 0.1) is 23.6 Å². The van der Waals surface area contributed by atoms with Crippen LogP contribution >= 0.6 is 0 Å². The third-order valence-electron chi connectivity index (χ3n) is 11.3. The second kappa shape index (κ2) is 13.4. The Morgan fingerprint density at radius 2 is 1.62 bits per heavy atom. The van der Waals surface area contributed by atoms with Crippen molar-refractivity contribution in [2.75, 3.05) is 69.5 Å². The first kappa shape index (κ1) is 32.4. The summed E-state index contributed by atoms with van der Waals surface area (Å²) in [6.07, 6.45) is 7.02. The summed E-state index contributed by atoms with van der Waals surface area (Å²) in [5.74, 6) is 2.72. The highest BCUT2D eigenvalue weighted by molar-refractivity contribution is 5.74. The zero-order valence-electron chi connectivity index (χ0n) is 28.4. The van der Waals surface area contributed by atoms with Gasteiger partial charge in [0.2, 0.25) is 0 Å². The molecule has 3 aliphatic heterocycles. The van der Waals surface area contributed by atoms with Gasteiger partial charge in [0.1, 0.15) is 11.4 Å². The van der Waals surface area contributed by atoms with Crippen molar-refractivity contribution in [3.05, 3.63) is 30.3 Å². The van der Waals surface area contributed by atoms with E-state index in [2.05, 4.69) is 24.9 Å². The van der Waals surface area contributed by atoms with Crippen molar-refractivity contribution in [1.82, 2.24) is 24.9 Å². The maximum atomic E-state index is 12.4. The smallest absolute Gasteiger partial charge is 0.410 e. The van der Waals surface area contributed by atoms with Gasteiger partial charge in [-0.15, -0.1) is 10.2 Å². The molecule has 2 aliphatic carbocycles. The zero-order chi connectivity index (χ0) is 32.7. The molecule has 2 unspecified atom stereocenters. The first-order valence-electron chi connectivity index (χ1n) is 17.9. The molecule has 256 valence electrons. The van der Waals surface area contributed by atoms with E-state index >= 15 is 0 Å². The molecule has 5 aliphatic rings. The predicted octanol–water partition coefficient (Wildman–Crippen LogP) is 4.46. The Balaban J connectivity index is 0.837. The lowest BCUT2D eigenvalue weighted by atomic mass is 9.84. The van der Waals surface area contributed by atoms with Crippen LogP contribution < -0.4 is 10.6 Å². The summed E-state index contributed by atoms with van der Waals surface area (Å²) in [4.78, 5) is 22.0. The predicted molar refractivity (Wildman–Crippen MR) is 182 cm³/mol. The first-order chi connectivity index (χ1) is 22.6. The Labute approximate surface area is 279 Å². The highest BCUT2D eigenvalue weighted by Gasteiger charge is 2.44. The minimum atomic E-state index is -0.454. The SMILES string of the molecule is CC(C)(C)OC(=O)N1CCC(OC2CC(N3CCN(CC4C5CCC4CN(c4cc(-c6ccccc6O)nnc4N)C5)CC3)C2)CC1. The van der Waals surface area contributed by atoms with Gasteiger partial charge in [-0.2, -0.15) is 0 Å². The topological polar surface area (TPSA) is 121 Å². The molecule has 3 N–H and O–H groups in total. The second-order valence-corrected chi connectivity index (χ2v) is 15.6. The van der Waals surface area contributed by atoms with Crippen LogP contribution in [0.25, 0.3) is 11.3 Å². The number of ether oxygens (including phenoxy) is 2. The van der Waals surface area contributed by atoms with Gasteiger partial charge in [0.15, 0.2) is 5.82 Å². The molecule has 2 atom stereocenters. The number of amides is 1. The molecule has 11 nitrogen and oxygen atoms in total. The molecule has 0 spiro atoms. The lowest BCUT2D eigenvalue weighted by Gasteiger charge is -2.48. The van der Waals surface area contributed by atoms with Crippen molar-refractivity contribution >= 4 is 17.6 Å². The van der Waals surface area contributed by atoms with Gasteiger partial charge >= 0.3 is 6.09 Å². The van der Waals surface area contributed by atoms with Gasteiger partial charge < -0.3 is 35.0 Å². The number of anilines is 2. The van der Waals surface area contributed by atoms with Crippen LogP contribution in [0, 0.1) is 17.8 Å². The maximum Gasteiger partial charge on any atom is 0.410 e. The van der Waals surface area contributed by atoms with E-state index in [-0.39, 0.29) is 17.9 Å². The highest BCUT2D eigenvalue weighted by atomic mass is 16.6. The first-order valence-corrected chi connectivity index (χ1v) is 17.9. The van der Waals surface area contributed by atoms with Gasteiger partial charge in [-0.1, -0.05) is 12.1 Å². The number of nitrogens with zero attached hydrogens (tertiary/aromatic N) is 6. The van der Waals surface area contributed by atoms with Crippen LogP contribution in [0.4, 0.5) is 16.3 Å². The number of hydrogen-bond acceptors (Lipinski definition) is 10. The molecule has 1 aromatic carbocycles. The van der Waals surface area contributed by atoms with Gasteiger partial charge in [-0.05, 0) is 95.2 Å². The zero-order valence-corrected chi connectivity index (χ0v) is 28.4. The van der Waals surface area contributed by atoms with E-state index in [0.29, 0.717) is 54.1 Å². The Kier molecular flexibility index (Phi) is 9.23. The summed E-state index contributed by atoms with van der Waals surface area (Å²) in [5, 5.41) is 18.9. The molecule has 2 bridgehead atoms. The number of carbonyl (C=O) groups excluding carboxylic acids is 1. The van der Waals surface area contributed by atoms with E-state index in [4.69, 9.17) is 15.2 Å². The molecule has 11 heteroatoms. The minimum Gasteiger partial charge on any atom is -0.507 e. The van der Waals surface area contributed by atoms with Gasteiger partial charge in [0, 0.05) is 70.5 Å². The van der Waals surface area contributed by atoms with Crippen molar-refractivity contribution < 1.29 is 19.4 Å². The van der Waals surface area contributed by atoms with Crippen LogP contribution in [0.3, 0.4) is 0 Å². The van der Waals surface area contributed by atoms with Crippen LogP contribution in [0.2, 0.25) is 0 Å². The van der Waals surface area contributed by atoms with Gasteiger partial charge in [-0.25, -0.2) is 4.79 Å². The third-order valence-corrected chi connectivity index (χ3v) is 11.3. The number of fused-ring (bicyclic) bond motifs is 2. The fourth-order valence-corrected chi connectivity index (χ4v) is 8.63. The summed E-state index contributed by atoms with van der Waals surface area (Å²) in [6, 6.07) is 9.91. The van der Waals surface area contributed by atoms with E-state index in [9.17, 15) is 9.90 Å². The molecule has 1 amide bonds. The average Bonchev–Trinajstić information content (AvgIpc) is 3.24. The van der Waals surface area contributed by atoms with Crippen LogP contribution in [-0.2, 0) is 9.47 Å². The summed E-state index contributed by atoms with van der Waals surface area (Å²) >= 11 is 0. The average molecular weight is 648 g/mol. The van der Waals surface area contributed by atoms with Crippen LogP contribution in [0.1, 0.15) is 59.3 Å². The molecule has 1 aromatic heterocycles. The number of carbonyl (C=O) groups is 1. The number of piperidine rings is 2. The molecule has 47 heavy (non-hydrogen) atoms. The fourth-order valence-electron chi connectivity index (χ4n) is 8.63. The lowest BCUT2D eigenvalue weighted by Crippen LogP contribution is -2.57. The van der Waals surface area contributed by atoms with E-state index in [1.165, 1.54) is 19.4 Å². The number of likely N-dealkylation sites (tertiary alicyclic amines) is 1. The van der Waals surface area contributed by atoms with Crippen molar-refractivity contribution in [3.8, 4) is 17.0 Å². The monoisotopic (exact) mass is 647 g/mol. The van der Waals surface area contributed by atoms with Gasteiger partial charge in [-0.3, -0.25) is 4.90 Å². The number of nitrogens with two attached hydrogens (primary N) is 1. The largest absolute Gasteiger partial charge is 0.507 e. The quantitative estimate of drug-likeness (QED) is 0.446. The summed E-state index contributed by atoms with van der Waals surface area (Å²) in [7, 11) is 0. The minimum absolute atomic E-state index is 0.204. The van der Waals surface area contributed by atoms with E-state index in [1.807, 2.05) is 49.9 Å². The van der Waals surface area contributed by atoms with Crippen molar-refractivity contribution in [1.29, 1.82) is 0 Å². The molecule has 2 saturated carbocycles. The molecule has 0 radical (unpaired) electrons. The van der Waals surface area contributed by atoms with Crippen LogP contribution in [0.15, 0.2) is 30.3 Å². The normalized spacial score (nSPS) is 29.1. The highest BCUT2D eigenvalue weighted by Crippen LogP contribution is 2.45. The number of piperazine rings is 1. The summed E-state index contributed by atoms with van der Waals surface area (Å²) in [5.41, 5.74) is 8.18. The second-order valence-electron chi connectivity index (χ2n) is 15.6. The number of rotatable bonds is 7. The number of benzene rings is 1. The molecule has 5 fully saturated rings. The van der Waals surface area contributed by atoms with Crippen LogP contribution in [-0.4, -0.2) is 119 Å². The molecule has 3 saturated heterocycles. The number of aromatic hydroxyl groups is 1. The molecule has 2 aromatic rings. The Morgan fingerprint density at radius 3 is 2.28 bits per heavy atom. The fraction of sp³-hybridized carbons (Fsp3) is 0.694.